The Labute approximate surface area is 155 Å². The van der Waals surface area contributed by atoms with Crippen molar-refractivity contribution in [3.63, 3.8) is 0 Å². The summed E-state index contributed by atoms with van der Waals surface area (Å²) in [6.07, 6.45) is 0.867. The summed E-state index contributed by atoms with van der Waals surface area (Å²) in [4.78, 5) is 2.05. The van der Waals surface area contributed by atoms with Crippen molar-refractivity contribution < 1.29 is 9.47 Å². The van der Waals surface area contributed by atoms with Crippen molar-refractivity contribution in [1.29, 1.82) is 0 Å². The fourth-order valence-corrected chi connectivity index (χ4v) is 2.73. The molecule has 134 valence electrons. The molecule has 0 aromatic heterocycles. The smallest absolute Gasteiger partial charge is 0.173 e. The van der Waals surface area contributed by atoms with Crippen LogP contribution in [0, 0.1) is 13.8 Å². The second-order valence-electron chi connectivity index (χ2n) is 6.04. The van der Waals surface area contributed by atoms with Gasteiger partial charge in [0, 0.05) is 19.3 Å². The van der Waals surface area contributed by atoms with E-state index in [1.54, 1.807) is 14.2 Å². The summed E-state index contributed by atoms with van der Waals surface area (Å²) in [6, 6.07) is 12.2. The van der Waals surface area contributed by atoms with Crippen molar-refractivity contribution in [2.45, 2.75) is 20.3 Å². The van der Waals surface area contributed by atoms with E-state index in [0.717, 1.165) is 30.2 Å². The van der Waals surface area contributed by atoms with E-state index in [1.165, 1.54) is 16.7 Å². The van der Waals surface area contributed by atoms with Crippen LogP contribution < -0.4 is 14.8 Å². The van der Waals surface area contributed by atoms with Crippen LogP contribution in [0.1, 0.15) is 16.7 Å². The van der Waals surface area contributed by atoms with Crippen LogP contribution in [-0.2, 0) is 6.42 Å². The van der Waals surface area contributed by atoms with Crippen molar-refractivity contribution in [1.82, 2.24) is 4.90 Å². The van der Waals surface area contributed by atoms with E-state index >= 15 is 0 Å². The average Bonchev–Trinajstić information content (AvgIpc) is 2.63. The lowest BCUT2D eigenvalue weighted by molar-refractivity contribution is 0.354. The maximum absolute atomic E-state index is 5.54. The van der Waals surface area contributed by atoms with Crippen LogP contribution in [0.2, 0.25) is 0 Å². The van der Waals surface area contributed by atoms with E-state index in [4.69, 9.17) is 21.7 Å². The normalized spacial score (nSPS) is 10.3. The fraction of sp³-hybridized carbons (Fsp3) is 0.350. The van der Waals surface area contributed by atoms with Crippen molar-refractivity contribution >= 4 is 23.0 Å². The Morgan fingerprint density at radius 1 is 1.08 bits per heavy atom. The first-order valence-electron chi connectivity index (χ1n) is 8.25. The Bertz CT molecular complexity index is 746. The largest absolute Gasteiger partial charge is 0.493 e. The van der Waals surface area contributed by atoms with Gasteiger partial charge in [-0.05, 0) is 67.4 Å². The molecule has 0 radical (unpaired) electrons. The summed E-state index contributed by atoms with van der Waals surface area (Å²) in [7, 11) is 5.29. The molecule has 25 heavy (non-hydrogen) atoms. The van der Waals surface area contributed by atoms with Crippen LogP contribution in [0.3, 0.4) is 0 Å². The van der Waals surface area contributed by atoms with Gasteiger partial charge in [-0.15, -0.1) is 0 Å². The molecule has 0 saturated carbocycles. The first-order chi connectivity index (χ1) is 12.0. The van der Waals surface area contributed by atoms with Crippen molar-refractivity contribution in [2.75, 3.05) is 33.1 Å². The van der Waals surface area contributed by atoms with Gasteiger partial charge in [0.05, 0.1) is 14.2 Å². The second-order valence-corrected chi connectivity index (χ2v) is 6.43. The summed E-state index contributed by atoms with van der Waals surface area (Å²) < 4.78 is 10.6. The molecule has 0 amide bonds. The van der Waals surface area contributed by atoms with E-state index in [1.807, 2.05) is 30.1 Å². The number of hydrogen-bond donors (Lipinski definition) is 1. The van der Waals surface area contributed by atoms with Gasteiger partial charge in [-0.25, -0.2) is 0 Å². The fourth-order valence-electron chi connectivity index (χ4n) is 2.53. The summed E-state index contributed by atoms with van der Waals surface area (Å²) in [5.74, 6) is 1.49. The monoisotopic (exact) mass is 358 g/mol. The molecule has 0 heterocycles. The summed E-state index contributed by atoms with van der Waals surface area (Å²) in [5.41, 5.74) is 4.71. The lowest BCUT2D eigenvalue weighted by atomic mass is 10.1. The Hall–Kier alpha value is -2.27. The van der Waals surface area contributed by atoms with E-state index in [-0.39, 0.29) is 0 Å². The van der Waals surface area contributed by atoms with Crippen LogP contribution in [0.25, 0.3) is 0 Å². The molecule has 2 aromatic carbocycles. The number of benzene rings is 2. The summed E-state index contributed by atoms with van der Waals surface area (Å²) in [6.45, 7) is 5.01. The number of nitrogens with one attached hydrogen (secondary N) is 1. The number of likely N-dealkylation sites (N-methyl/N-ethyl adjacent to an activating group) is 1. The van der Waals surface area contributed by atoms with E-state index < -0.39 is 0 Å². The van der Waals surface area contributed by atoms with Gasteiger partial charge in [-0.1, -0.05) is 18.2 Å². The Balaban J connectivity index is 1.96. The average molecular weight is 359 g/mol. The van der Waals surface area contributed by atoms with Gasteiger partial charge in [-0.3, -0.25) is 0 Å². The Morgan fingerprint density at radius 2 is 1.80 bits per heavy atom. The highest BCUT2D eigenvalue weighted by atomic mass is 32.1. The van der Waals surface area contributed by atoms with Crippen LogP contribution >= 0.6 is 12.2 Å². The van der Waals surface area contributed by atoms with Gasteiger partial charge in [0.1, 0.15) is 0 Å². The van der Waals surface area contributed by atoms with Gasteiger partial charge >= 0.3 is 0 Å². The van der Waals surface area contributed by atoms with Gasteiger partial charge in [-0.2, -0.15) is 0 Å². The zero-order valence-corrected chi connectivity index (χ0v) is 16.4. The Kier molecular flexibility index (Phi) is 6.65. The molecule has 2 aromatic rings. The maximum Gasteiger partial charge on any atom is 0.173 e. The van der Waals surface area contributed by atoms with Crippen molar-refractivity contribution in [3.8, 4) is 11.5 Å². The molecule has 0 unspecified atom stereocenters. The van der Waals surface area contributed by atoms with Gasteiger partial charge in [0.15, 0.2) is 16.6 Å². The van der Waals surface area contributed by atoms with Crippen LogP contribution in [-0.4, -0.2) is 37.8 Å². The number of anilines is 1. The van der Waals surface area contributed by atoms with E-state index in [2.05, 4.69) is 37.4 Å². The molecule has 0 aliphatic carbocycles. The van der Waals surface area contributed by atoms with Crippen LogP contribution in [0.5, 0.6) is 11.5 Å². The van der Waals surface area contributed by atoms with E-state index in [0.29, 0.717) is 5.11 Å². The molecule has 0 fully saturated rings. The summed E-state index contributed by atoms with van der Waals surface area (Å²) in [5, 5.41) is 4.06. The minimum absolute atomic E-state index is 0.717. The SMILES string of the molecule is COc1ccc(CCN(C)C(=S)Nc2cccc(C)c2C)cc1OC. The van der Waals surface area contributed by atoms with E-state index in [9.17, 15) is 0 Å². The first kappa shape index (κ1) is 19.1. The number of thiocarbonyl (C=S) groups is 1. The minimum Gasteiger partial charge on any atom is -0.493 e. The molecule has 5 heteroatoms. The molecule has 4 nitrogen and oxygen atoms in total. The predicted octanol–water partition coefficient (Wildman–Crippen LogP) is 4.19. The molecule has 2 rings (SSSR count). The third kappa shape index (κ3) is 4.86. The molecular weight excluding hydrogens is 332 g/mol. The number of ether oxygens (including phenoxy) is 2. The first-order valence-corrected chi connectivity index (χ1v) is 8.66. The van der Waals surface area contributed by atoms with Crippen molar-refractivity contribution in [2.24, 2.45) is 0 Å². The lowest BCUT2D eigenvalue weighted by Crippen LogP contribution is -2.33. The van der Waals surface area contributed by atoms with Gasteiger partial charge < -0.3 is 19.7 Å². The van der Waals surface area contributed by atoms with Gasteiger partial charge in [0.25, 0.3) is 0 Å². The molecule has 1 N–H and O–H groups in total. The highest BCUT2D eigenvalue weighted by Gasteiger charge is 2.09. The second kappa shape index (κ2) is 8.72. The number of aryl methyl sites for hydroxylation is 1. The zero-order chi connectivity index (χ0) is 18.4. The highest BCUT2D eigenvalue weighted by Crippen LogP contribution is 2.27. The lowest BCUT2D eigenvalue weighted by Gasteiger charge is -2.22. The summed E-state index contributed by atoms with van der Waals surface area (Å²) >= 11 is 5.54. The molecule has 0 atom stereocenters. The molecule has 0 spiro atoms. The van der Waals surface area contributed by atoms with Crippen molar-refractivity contribution in [3.05, 3.63) is 53.1 Å². The van der Waals surface area contributed by atoms with Gasteiger partial charge in [0.2, 0.25) is 0 Å². The zero-order valence-electron chi connectivity index (χ0n) is 15.6. The third-order valence-electron chi connectivity index (χ3n) is 4.38. The molecule has 0 aliphatic heterocycles. The number of nitrogens with zero attached hydrogens (tertiary/aromatic N) is 1. The third-order valence-corrected chi connectivity index (χ3v) is 4.79. The quantitative estimate of drug-likeness (QED) is 0.783. The van der Waals surface area contributed by atoms with Crippen LogP contribution in [0.4, 0.5) is 5.69 Å². The minimum atomic E-state index is 0.717. The van der Waals surface area contributed by atoms with Crippen LogP contribution in [0.15, 0.2) is 36.4 Å². The standard InChI is InChI=1S/C20H26N2O2S/c1-14-7-6-8-17(15(14)2)21-20(25)22(3)12-11-16-9-10-18(23-4)19(13-16)24-5/h6-10,13H,11-12H2,1-5H3,(H,21,25). The number of rotatable bonds is 6. The Morgan fingerprint density at radius 3 is 2.48 bits per heavy atom. The molecular formula is C20H26N2O2S. The number of hydrogen-bond acceptors (Lipinski definition) is 3. The molecule has 0 saturated heterocycles. The molecule has 0 aliphatic rings. The predicted molar refractivity (Wildman–Crippen MR) is 108 cm³/mol. The maximum atomic E-state index is 5.54. The highest BCUT2D eigenvalue weighted by molar-refractivity contribution is 7.80. The topological polar surface area (TPSA) is 33.7 Å². The number of methoxy groups -OCH3 is 2. The molecule has 0 bridgehead atoms.